The van der Waals surface area contributed by atoms with Crippen LogP contribution in [0, 0.1) is 17.0 Å². The highest BCUT2D eigenvalue weighted by atomic mass is 79.9. The van der Waals surface area contributed by atoms with Gasteiger partial charge in [0.25, 0.3) is 5.69 Å². The molecule has 0 bridgehead atoms. The molecule has 5 heteroatoms. The molecule has 1 unspecified atom stereocenters. The molecule has 0 aliphatic heterocycles. The fraction of sp³-hybridized carbons (Fsp3) is 0.364. The van der Waals surface area contributed by atoms with E-state index in [4.69, 9.17) is 0 Å². The van der Waals surface area contributed by atoms with Crippen LogP contribution in [0.25, 0.3) is 0 Å². The Morgan fingerprint density at radius 3 is 2.62 bits per heavy atom. The van der Waals surface area contributed by atoms with Gasteiger partial charge in [0.05, 0.1) is 9.75 Å². The van der Waals surface area contributed by atoms with Gasteiger partial charge in [-0.15, -0.1) is 0 Å². The van der Waals surface area contributed by atoms with E-state index >= 15 is 0 Å². The molecule has 0 radical (unpaired) electrons. The van der Waals surface area contributed by atoms with Crippen molar-refractivity contribution in [1.82, 2.24) is 0 Å². The minimum Gasteiger partial charge on any atom is -0.299 e. The first-order chi connectivity index (χ1) is 7.41. The summed E-state index contributed by atoms with van der Waals surface area (Å²) >= 11 is 3.27. The van der Waals surface area contributed by atoms with Crippen molar-refractivity contribution in [2.45, 2.75) is 25.1 Å². The van der Waals surface area contributed by atoms with E-state index in [-0.39, 0.29) is 16.3 Å². The average molecular weight is 286 g/mol. The van der Waals surface area contributed by atoms with Crippen LogP contribution in [0.15, 0.2) is 18.2 Å². The molecular weight excluding hydrogens is 274 g/mol. The molecule has 0 saturated carbocycles. The van der Waals surface area contributed by atoms with Gasteiger partial charge < -0.3 is 0 Å². The number of nitro groups is 1. The summed E-state index contributed by atoms with van der Waals surface area (Å²) in [5.74, 6) is 0.0519. The minimum absolute atomic E-state index is 0.0519. The topological polar surface area (TPSA) is 60.2 Å². The van der Waals surface area contributed by atoms with Crippen LogP contribution in [-0.4, -0.2) is 15.5 Å². The maximum absolute atomic E-state index is 11.1. The number of alkyl halides is 1. The van der Waals surface area contributed by atoms with Crippen LogP contribution >= 0.6 is 15.9 Å². The van der Waals surface area contributed by atoms with Gasteiger partial charge in [-0.05, 0) is 31.9 Å². The fourth-order valence-corrected chi connectivity index (χ4v) is 1.77. The van der Waals surface area contributed by atoms with Crippen molar-refractivity contribution in [3.05, 3.63) is 39.4 Å². The number of carbonyl (C=O) groups is 1. The molecule has 1 atom stereocenters. The van der Waals surface area contributed by atoms with Gasteiger partial charge in [0.1, 0.15) is 5.78 Å². The van der Waals surface area contributed by atoms with Crippen molar-refractivity contribution < 1.29 is 9.72 Å². The van der Waals surface area contributed by atoms with Gasteiger partial charge in [0, 0.05) is 11.6 Å². The average Bonchev–Trinajstić information content (AvgIpc) is 2.16. The number of carbonyl (C=O) groups excluding carboxylic acids is 1. The Bertz CT molecular complexity index is 431. The summed E-state index contributed by atoms with van der Waals surface area (Å²) in [5.41, 5.74) is 1.64. The first-order valence-corrected chi connectivity index (χ1v) is 5.72. The SMILES string of the molecule is CC(=O)C(Br)Cc1ccc([N+](=O)[O-])c(C)c1. The van der Waals surface area contributed by atoms with E-state index in [0.29, 0.717) is 12.0 Å². The molecule has 1 rings (SSSR count). The Labute approximate surface area is 102 Å². The summed E-state index contributed by atoms with van der Waals surface area (Å²) in [6, 6.07) is 4.90. The second-order valence-electron chi connectivity index (χ2n) is 3.66. The standard InChI is InChI=1S/C11H12BrNO3/c1-7-5-9(6-10(12)8(2)14)3-4-11(7)13(15)16/h3-5,10H,6H2,1-2H3. The zero-order chi connectivity index (χ0) is 12.3. The van der Waals surface area contributed by atoms with Crippen molar-refractivity contribution in [3.8, 4) is 0 Å². The number of Topliss-reactive ketones (excluding diaryl/α,β-unsaturated/α-hetero) is 1. The van der Waals surface area contributed by atoms with E-state index in [0.717, 1.165) is 5.56 Å². The maximum atomic E-state index is 11.1. The predicted molar refractivity (Wildman–Crippen MR) is 64.9 cm³/mol. The van der Waals surface area contributed by atoms with Gasteiger partial charge in [0.2, 0.25) is 0 Å². The number of nitro benzene ring substituents is 1. The molecular formula is C11H12BrNO3. The van der Waals surface area contributed by atoms with Crippen molar-refractivity contribution in [2.75, 3.05) is 0 Å². The molecule has 0 aromatic heterocycles. The van der Waals surface area contributed by atoms with E-state index in [1.807, 2.05) is 0 Å². The molecule has 0 aliphatic carbocycles. The number of rotatable bonds is 4. The maximum Gasteiger partial charge on any atom is 0.272 e. The highest BCUT2D eigenvalue weighted by Crippen LogP contribution is 2.20. The Balaban J connectivity index is 2.89. The van der Waals surface area contributed by atoms with Gasteiger partial charge in [-0.2, -0.15) is 0 Å². The molecule has 1 aromatic carbocycles. The third kappa shape index (κ3) is 3.13. The zero-order valence-corrected chi connectivity index (χ0v) is 10.7. The van der Waals surface area contributed by atoms with Gasteiger partial charge in [-0.3, -0.25) is 14.9 Å². The lowest BCUT2D eigenvalue weighted by Gasteiger charge is -2.06. The number of ketones is 1. The van der Waals surface area contributed by atoms with Crippen LogP contribution in [0.3, 0.4) is 0 Å². The normalized spacial score (nSPS) is 12.2. The number of hydrogen-bond donors (Lipinski definition) is 0. The first kappa shape index (κ1) is 12.8. The van der Waals surface area contributed by atoms with Gasteiger partial charge in [-0.1, -0.05) is 22.0 Å². The molecule has 0 aliphatic rings. The smallest absolute Gasteiger partial charge is 0.272 e. The van der Waals surface area contributed by atoms with E-state index < -0.39 is 4.92 Å². The Kier molecular flexibility index (Phi) is 4.18. The van der Waals surface area contributed by atoms with Gasteiger partial charge >= 0.3 is 0 Å². The largest absolute Gasteiger partial charge is 0.299 e. The van der Waals surface area contributed by atoms with Gasteiger partial charge in [0.15, 0.2) is 0 Å². The molecule has 0 N–H and O–H groups in total. The number of aryl methyl sites for hydroxylation is 1. The Morgan fingerprint density at radius 2 is 2.19 bits per heavy atom. The summed E-state index contributed by atoms with van der Waals surface area (Å²) in [7, 11) is 0. The summed E-state index contributed by atoms with van der Waals surface area (Å²) in [6.07, 6.45) is 0.550. The van der Waals surface area contributed by atoms with Crippen LogP contribution in [0.4, 0.5) is 5.69 Å². The van der Waals surface area contributed by atoms with Crippen molar-refractivity contribution >= 4 is 27.4 Å². The molecule has 86 valence electrons. The molecule has 4 nitrogen and oxygen atoms in total. The number of hydrogen-bond acceptors (Lipinski definition) is 3. The summed E-state index contributed by atoms with van der Waals surface area (Å²) in [6.45, 7) is 3.20. The minimum atomic E-state index is -0.407. The van der Waals surface area contributed by atoms with Crippen molar-refractivity contribution in [2.24, 2.45) is 0 Å². The molecule has 0 fully saturated rings. The molecule has 0 saturated heterocycles. The highest BCUT2D eigenvalue weighted by molar-refractivity contribution is 9.10. The number of benzene rings is 1. The second kappa shape index (κ2) is 5.21. The van der Waals surface area contributed by atoms with Crippen LogP contribution in [-0.2, 0) is 11.2 Å². The zero-order valence-electron chi connectivity index (χ0n) is 9.07. The van der Waals surface area contributed by atoms with E-state index in [2.05, 4.69) is 15.9 Å². The second-order valence-corrected chi connectivity index (χ2v) is 4.77. The molecule has 1 aromatic rings. The summed E-state index contributed by atoms with van der Waals surface area (Å²) < 4.78 is 0. The molecule has 0 heterocycles. The highest BCUT2D eigenvalue weighted by Gasteiger charge is 2.14. The summed E-state index contributed by atoms with van der Waals surface area (Å²) in [5, 5.41) is 10.6. The number of nitrogens with zero attached hydrogens (tertiary/aromatic N) is 1. The molecule has 0 spiro atoms. The molecule has 0 amide bonds. The quantitative estimate of drug-likeness (QED) is 0.486. The van der Waals surface area contributed by atoms with E-state index in [9.17, 15) is 14.9 Å². The van der Waals surface area contributed by atoms with Crippen LogP contribution in [0.5, 0.6) is 0 Å². The van der Waals surface area contributed by atoms with Crippen LogP contribution in [0.2, 0.25) is 0 Å². The fourth-order valence-electron chi connectivity index (χ4n) is 1.40. The lowest BCUT2D eigenvalue weighted by molar-refractivity contribution is -0.385. The van der Waals surface area contributed by atoms with Crippen LogP contribution < -0.4 is 0 Å². The number of halogens is 1. The Morgan fingerprint density at radius 1 is 1.56 bits per heavy atom. The van der Waals surface area contributed by atoms with E-state index in [1.54, 1.807) is 19.1 Å². The molecule has 16 heavy (non-hydrogen) atoms. The van der Waals surface area contributed by atoms with Gasteiger partial charge in [-0.25, -0.2) is 0 Å². The lowest BCUT2D eigenvalue weighted by Crippen LogP contribution is -2.12. The van der Waals surface area contributed by atoms with Crippen molar-refractivity contribution in [3.63, 3.8) is 0 Å². The van der Waals surface area contributed by atoms with E-state index in [1.165, 1.54) is 13.0 Å². The predicted octanol–water partition coefficient (Wildman–Crippen LogP) is 2.80. The summed E-state index contributed by atoms with van der Waals surface area (Å²) in [4.78, 5) is 21.0. The third-order valence-electron chi connectivity index (χ3n) is 2.31. The van der Waals surface area contributed by atoms with Crippen molar-refractivity contribution in [1.29, 1.82) is 0 Å². The lowest BCUT2D eigenvalue weighted by atomic mass is 10.0. The van der Waals surface area contributed by atoms with Crippen LogP contribution in [0.1, 0.15) is 18.1 Å². The monoisotopic (exact) mass is 285 g/mol. The third-order valence-corrected chi connectivity index (χ3v) is 3.28. The first-order valence-electron chi connectivity index (χ1n) is 4.80. The Hall–Kier alpha value is -1.23.